The first-order valence-corrected chi connectivity index (χ1v) is 10.5. The van der Waals surface area contributed by atoms with Crippen LogP contribution in [0.5, 0.6) is 0 Å². The second-order valence-corrected chi connectivity index (χ2v) is 8.88. The highest BCUT2D eigenvalue weighted by atomic mass is 32.1. The molecule has 0 radical (unpaired) electrons. The van der Waals surface area contributed by atoms with Gasteiger partial charge < -0.3 is 5.11 Å². The zero-order valence-electron chi connectivity index (χ0n) is 15.3. The summed E-state index contributed by atoms with van der Waals surface area (Å²) in [6, 6.07) is 4.56. The SMILES string of the molecule is O[C@@H]1CN(Cc2ccc(CN3CCCCC3)s2)C[C@H]1Cc1cnccn1. The van der Waals surface area contributed by atoms with Gasteiger partial charge in [0, 0.05) is 60.4 Å². The lowest BCUT2D eigenvalue weighted by Gasteiger charge is -2.25. The Morgan fingerprint density at radius 1 is 1.00 bits per heavy atom. The number of β-amino-alcohol motifs (C(OH)–C–C–N with tert-alkyl or cyclic N) is 1. The third-order valence-electron chi connectivity index (χ3n) is 5.49. The van der Waals surface area contributed by atoms with Crippen molar-refractivity contribution in [1.82, 2.24) is 19.8 Å². The average molecular weight is 373 g/mol. The minimum absolute atomic E-state index is 0.250. The standard InChI is InChI=1S/C20H28N4OS/c25-20-15-24(12-16(20)10-17-11-21-6-7-22-17)14-19-5-4-18(26-19)13-23-8-2-1-3-9-23/h4-7,11,16,20,25H,1-3,8-10,12-15H2/t16-,20-/m1/s1. The number of thiophene rings is 1. The van der Waals surface area contributed by atoms with E-state index in [4.69, 9.17) is 0 Å². The summed E-state index contributed by atoms with van der Waals surface area (Å²) in [6.07, 6.45) is 9.83. The van der Waals surface area contributed by atoms with Crippen LogP contribution in [-0.2, 0) is 19.5 Å². The smallest absolute Gasteiger partial charge is 0.0711 e. The number of piperidine rings is 1. The number of aliphatic hydroxyl groups is 1. The van der Waals surface area contributed by atoms with Crippen LogP contribution in [0, 0.1) is 5.92 Å². The van der Waals surface area contributed by atoms with Gasteiger partial charge in [-0.3, -0.25) is 19.8 Å². The monoisotopic (exact) mass is 372 g/mol. The first-order chi connectivity index (χ1) is 12.8. The van der Waals surface area contributed by atoms with Crippen LogP contribution in [0.15, 0.2) is 30.7 Å². The van der Waals surface area contributed by atoms with Crippen LogP contribution >= 0.6 is 11.3 Å². The van der Waals surface area contributed by atoms with Gasteiger partial charge in [-0.15, -0.1) is 11.3 Å². The molecule has 6 heteroatoms. The van der Waals surface area contributed by atoms with E-state index in [9.17, 15) is 5.11 Å². The highest BCUT2D eigenvalue weighted by molar-refractivity contribution is 7.11. The molecule has 0 aliphatic carbocycles. The van der Waals surface area contributed by atoms with E-state index in [1.165, 1.54) is 42.1 Å². The van der Waals surface area contributed by atoms with Crippen LogP contribution in [0.25, 0.3) is 0 Å². The molecule has 2 aromatic rings. The Bertz CT molecular complexity index is 686. The summed E-state index contributed by atoms with van der Waals surface area (Å²) in [6.45, 7) is 6.22. The van der Waals surface area contributed by atoms with E-state index >= 15 is 0 Å². The molecule has 4 rings (SSSR count). The van der Waals surface area contributed by atoms with Crippen molar-refractivity contribution in [3.63, 3.8) is 0 Å². The molecule has 2 aliphatic rings. The molecule has 5 nitrogen and oxygen atoms in total. The van der Waals surface area contributed by atoms with Crippen molar-refractivity contribution in [2.24, 2.45) is 5.92 Å². The summed E-state index contributed by atoms with van der Waals surface area (Å²) in [5.74, 6) is 0.250. The molecule has 0 amide bonds. The predicted octanol–water partition coefficient (Wildman–Crippen LogP) is 2.56. The molecule has 0 bridgehead atoms. The summed E-state index contributed by atoms with van der Waals surface area (Å²) < 4.78 is 0. The summed E-state index contributed by atoms with van der Waals surface area (Å²) in [7, 11) is 0. The van der Waals surface area contributed by atoms with Crippen LogP contribution in [0.1, 0.15) is 34.7 Å². The second kappa shape index (κ2) is 8.57. The molecule has 0 aromatic carbocycles. The maximum Gasteiger partial charge on any atom is 0.0711 e. The Kier molecular flexibility index (Phi) is 5.94. The number of hydrogen-bond donors (Lipinski definition) is 1. The molecule has 2 saturated heterocycles. The molecule has 0 unspecified atom stereocenters. The van der Waals surface area contributed by atoms with Crippen molar-refractivity contribution in [3.05, 3.63) is 46.2 Å². The molecule has 1 N–H and O–H groups in total. The van der Waals surface area contributed by atoms with Crippen LogP contribution in [0.4, 0.5) is 0 Å². The first-order valence-electron chi connectivity index (χ1n) is 9.71. The minimum Gasteiger partial charge on any atom is -0.391 e. The predicted molar refractivity (Wildman–Crippen MR) is 104 cm³/mol. The van der Waals surface area contributed by atoms with Crippen LogP contribution in [0.3, 0.4) is 0 Å². The topological polar surface area (TPSA) is 52.5 Å². The number of rotatable bonds is 6. The van der Waals surface area contributed by atoms with Gasteiger partial charge in [0.2, 0.25) is 0 Å². The molecular weight excluding hydrogens is 344 g/mol. The quantitative estimate of drug-likeness (QED) is 0.845. The zero-order chi connectivity index (χ0) is 17.8. The number of nitrogens with zero attached hydrogens (tertiary/aromatic N) is 4. The number of aromatic nitrogens is 2. The average Bonchev–Trinajstić information content (AvgIpc) is 3.23. The lowest BCUT2D eigenvalue weighted by atomic mass is 10.0. The molecular formula is C20H28N4OS. The van der Waals surface area contributed by atoms with Gasteiger partial charge in [0.1, 0.15) is 0 Å². The van der Waals surface area contributed by atoms with E-state index in [0.29, 0.717) is 0 Å². The summed E-state index contributed by atoms with van der Waals surface area (Å²) in [5.41, 5.74) is 0.971. The van der Waals surface area contributed by atoms with Gasteiger partial charge in [0.15, 0.2) is 0 Å². The summed E-state index contributed by atoms with van der Waals surface area (Å²) in [4.78, 5) is 16.3. The minimum atomic E-state index is -0.273. The third-order valence-corrected chi connectivity index (χ3v) is 6.55. The number of aliphatic hydroxyl groups excluding tert-OH is 1. The molecule has 0 saturated carbocycles. The summed E-state index contributed by atoms with van der Waals surface area (Å²) >= 11 is 1.93. The van der Waals surface area contributed by atoms with E-state index in [0.717, 1.165) is 38.3 Å². The lowest BCUT2D eigenvalue weighted by molar-refractivity contribution is 0.140. The number of likely N-dealkylation sites (tertiary alicyclic amines) is 2. The first kappa shape index (κ1) is 18.0. The Labute approximate surface area is 159 Å². The lowest BCUT2D eigenvalue weighted by Crippen LogP contribution is -2.28. The fraction of sp³-hybridized carbons (Fsp3) is 0.600. The second-order valence-electron chi connectivity index (χ2n) is 7.63. The molecule has 0 spiro atoms. The third kappa shape index (κ3) is 4.68. The van der Waals surface area contributed by atoms with Crippen LogP contribution < -0.4 is 0 Å². The molecule has 2 fully saturated rings. The van der Waals surface area contributed by atoms with Crippen molar-refractivity contribution < 1.29 is 5.11 Å². The van der Waals surface area contributed by atoms with Crippen molar-refractivity contribution in [2.45, 2.75) is 44.9 Å². The largest absolute Gasteiger partial charge is 0.391 e. The van der Waals surface area contributed by atoms with Gasteiger partial charge >= 0.3 is 0 Å². The van der Waals surface area contributed by atoms with Crippen LogP contribution in [-0.4, -0.2) is 57.2 Å². The van der Waals surface area contributed by atoms with E-state index in [-0.39, 0.29) is 12.0 Å². The normalized spacial score (nSPS) is 25.0. The molecule has 2 aliphatic heterocycles. The van der Waals surface area contributed by atoms with Crippen molar-refractivity contribution >= 4 is 11.3 Å². The Morgan fingerprint density at radius 2 is 1.77 bits per heavy atom. The maximum atomic E-state index is 10.4. The van der Waals surface area contributed by atoms with Crippen molar-refractivity contribution in [3.8, 4) is 0 Å². The highest BCUT2D eigenvalue weighted by Gasteiger charge is 2.31. The Balaban J connectivity index is 1.29. The fourth-order valence-corrected chi connectivity index (χ4v) is 5.23. The van der Waals surface area contributed by atoms with Crippen molar-refractivity contribution in [1.29, 1.82) is 0 Å². The van der Waals surface area contributed by atoms with Gasteiger partial charge in [0.05, 0.1) is 11.8 Å². The molecule has 140 valence electrons. The molecule has 4 heterocycles. The molecule has 26 heavy (non-hydrogen) atoms. The molecule has 2 atom stereocenters. The number of hydrogen-bond acceptors (Lipinski definition) is 6. The molecule has 2 aromatic heterocycles. The zero-order valence-corrected chi connectivity index (χ0v) is 16.1. The fourth-order valence-electron chi connectivity index (χ4n) is 4.13. The van der Waals surface area contributed by atoms with E-state index in [1.54, 1.807) is 12.4 Å². The van der Waals surface area contributed by atoms with Gasteiger partial charge in [-0.1, -0.05) is 6.42 Å². The van der Waals surface area contributed by atoms with E-state index in [2.05, 4.69) is 31.9 Å². The van der Waals surface area contributed by atoms with E-state index in [1.807, 2.05) is 17.5 Å². The Hall–Kier alpha value is -1.34. The van der Waals surface area contributed by atoms with Gasteiger partial charge in [0.25, 0.3) is 0 Å². The van der Waals surface area contributed by atoms with Crippen molar-refractivity contribution in [2.75, 3.05) is 26.2 Å². The van der Waals surface area contributed by atoms with Gasteiger partial charge in [-0.25, -0.2) is 0 Å². The van der Waals surface area contributed by atoms with Gasteiger partial charge in [-0.05, 0) is 44.5 Å². The maximum absolute atomic E-state index is 10.4. The van der Waals surface area contributed by atoms with E-state index < -0.39 is 0 Å². The highest BCUT2D eigenvalue weighted by Crippen LogP contribution is 2.26. The Morgan fingerprint density at radius 3 is 2.50 bits per heavy atom. The van der Waals surface area contributed by atoms with Gasteiger partial charge in [-0.2, -0.15) is 0 Å². The van der Waals surface area contributed by atoms with Crippen LogP contribution in [0.2, 0.25) is 0 Å². The summed E-state index contributed by atoms with van der Waals surface area (Å²) in [5, 5.41) is 10.4.